The average molecular weight is 231 g/mol. The Hall–Kier alpha value is -1.03. The monoisotopic (exact) mass is 231 g/mol. The van der Waals surface area contributed by atoms with Crippen LogP contribution in [0.4, 0.5) is 13.2 Å². The standard InChI is InChI=1S/C12H16F3N/c1-12(2,3)16-7-10(15)11-8(13)5-4-6-9(11)14/h4-6,10,16H,7H2,1-3H3. The quantitative estimate of drug-likeness (QED) is 0.841. The molecule has 0 amide bonds. The first-order valence-corrected chi connectivity index (χ1v) is 5.14. The molecule has 0 fully saturated rings. The Kier molecular flexibility index (Phi) is 3.97. The molecule has 1 N–H and O–H groups in total. The SMILES string of the molecule is CC(C)(C)NCC(F)c1c(F)cccc1F. The summed E-state index contributed by atoms with van der Waals surface area (Å²) in [4.78, 5) is 0. The van der Waals surface area contributed by atoms with Crippen molar-refractivity contribution in [2.75, 3.05) is 6.54 Å². The van der Waals surface area contributed by atoms with Crippen molar-refractivity contribution in [3.05, 3.63) is 35.4 Å². The maximum Gasteiger partial charge on any atom is 0.143 e. The molecule has 0 aliphatic heterocycles. The Morgan fingerprint density at radius 1 is 1.19 bits per heavy atom. The molecular weight excluding hydrogens is 215 g/mol. The van der Waals surface area contributed by atoms with E-state index in [0.717, 1.165) is 12.1 Å². The molecule has 1 aromatic rings. The van der Waals surface area contributed by atoms with Crippen molar-refractivity contribution in [2.24, 2.45) is 0 Å². The van der Waals surface area contributed by atoms with Crippen LogP contribution in [0.1, 0.15) is 32.5 Å². The van der Waals surface area contributed by atoms with Gasteiger partial charge in [0.15, 0.2) is 0 Å². The lowest BCUT2D eigenvalue weighted by molar-refractivity contribution is 0.277. The zero-order valence-electron chi connectivity index (χ0n) is 9.65. The predicted molar refractivity (Wildman–Crippen MR) is 58.0 cm³/mol. The average Bonchev–Trinajstić information content (AvgIpc) is 2.13. The van der Waals surface area contributed by atoms with E-state index in [-0.39, 0.29) is 12.1 Å². The number of alkyl halides is 1. The Bertz CT molecular complexity index is 338. The Morgan fingerprint density at radius 3 is 2.12 bits per heavy atom. The number of halogens is 3. The van der Waals surface area contributed by atoms with Gasteiger partial charge in [-0.3, -0.25) is 0 Å². The zero-order valence-corrected chi connectivity index (χ0v) is 9.65. The van der Waals surface area contributed by atoms with E-state index in [1.165, 1.54) is 6.07 Å². The fourth-order valence-corrected chi connectivity index (χ4v) is 1.31. The highest BCUT2D eigenvalue weighted by Crippen LogP contribution is 2.23. The number of rotatable bonds is 3. The van der Waals surface area contributed by atoms with Gasteiger partial charge < -0.3 is 5.32 Å². The van der Waals surface area contributed by atoms with Crippen LogP contribution in [0.5, 0.6) is 0 Å². The number of benzene rings is 1. The molecule has 4 heteroatoms. The van der Waals surface area contributed by atoms with Crippen LogP contribution in [0, 0.1) is 11.6 Å². The minimum atomic E-state index is -1.68. The van der Waals surface area contributed by atoms with Gasteiger partial charge in [-0.1, -0.05) is 6.07 Å². The number of nitrogens with one attached hydrogen (secondary N) is 1. The highest BCUT2D eigenvalue weighted by atomic mass is 19.2. The molecule has 0 radical (unpaired) electrons. The van der Waals surface area contributed by atoms with Crippen molar-refractivity contribution < 1.29 is 13.2 Å². The van der Waals surface area contributed by atoms with E-state index in [1.807, 2.05) is 20.8 Å². The van der Waals surface area contributed by atoms with Gasteiger partial charge >= 0.3 is 0 Å². The number of hydrogen-bond acceptors (Lipinski definition) is 1. The highest BCUT2D eigenvalue weighted by Gasteiger charge is 2.21. The van der Waals surface area contributed by atoms with E-state index in [2.05, 4.69) is 5.32 Å². The van der Waals surface area contributed by atoms with Crippen molar-refractivity contribution >= 4 is 0 Å². The Labute approximate surface area is 93.7 Å². The molecule has 0 spiro atoms. The van der Waals surface area contributed by atoms with Crippen LogP contribution in [0.3, 0.4) is 0 Å². The molecule has 0 aromatic heterocycles. The molecule has 0 saturated carbocycles. The second-order valence-corrected chi connectivity index (χ2v) is 4.73. The summed E-state index contributed by atoms with van der Waals surface area (Å²) in [5.41, 5.74) is -0.786. The van der Waals surface area contributed by atoms with Gasteiger partial charge in [0.1, 0.15) is 17.8 Å². The van der Waals surface area contributed by atoms with Crippen LogP contribution in [0.25, 0.3) is 0 Å². The minimum Gasteiger partial charge on any atom is -0.309 e. The van der Waals surface area contributed by atoms with Crippen molar-refractivity contribution in [1.82, 2.24) is 5.32 Å². The first-order valence-electron chi connectivity index (χ1n) is 5.14. The predicted octanol–water partition coefficient (Wildman–Crippen LogP) is 3.36. The van der Waals surface area contributed by atoms with Gasteiger partial charge in [0.05, 0.1) is 5.56 Å². The minimum absolute atomic E-state index is 0.110. The van der Waals surface area contributed by atoms with Gasteiger partial charge in [0.2, 0.25) is 0 Å². The van der Waals surface area contributed by atoms with Gasteiger partial charge in [-0.15, -0.1) is 0 Å². The topological polar surface area (TPSA) is 12.0 Å². The largest absolute Gasteiger partial charge is 0.309 e. The molecule has 16 heavy (non-hydrogen) atoms. The summed E-state index contributed by atoms with van der Waals surface area (Å²) in [6.07, 6.45) is -1.68. The molecule has 1 rings (SSSR count). The maximum atomic E-state index is 13.6. The Balaban J connectivity index is 2.77. The fourth-order valence-electron chi connectivity index (χ4n) is 1.31. The molecule has 1 atom stereocenters. The van der Waals surface area contributed by atoms with Gasteiger partial charge in [0.25, 0.3) is 0 Å². The summed E-state index contributed by atoms with van der Waals surface area (Å²) >= 11 is 0. The first-order chi connectivity index (χ1) is 7.31. The zero-order chi connectivity index (χ0) is 12.3. The van der Waals surface area contributed by atoms with Gasteiger partial charge in [-0.2, -0.15) is 0 Å². The summed E-state index contributed by atoms with van der Waals surface area (Å²) in [5, 5.41) is 2.87. The second kappa shape index (κ2) is 4.87. The third kappa shape index (κ3) is 3.52. The van der Waals surface area contributed by atoms with E-state index in [0.29, 0.717) is 0 Å². The third-order valence-electron chi connectivity index (χ3n) is 2.12. The van der Waals surface area contributed by atoms with E-state index in [9.17, 15) is 13.2 Å². The summed E-state index contributed by atoms with van der Waals surface area (Å²) in [6, 6.07) is 3.34. The molecule has 0 bridgehead atoms. The van der Waals surface area contributed by atoms with Crippen molar-refractivity contribution in [3.63, 3.8) is 0 Å². The molecular formula is C12H16F3N. The molecule has 90 valence electrons. The molecule has 1 aromatic carbocycles. The Morgan fingerprint density at radius 2 is 1.69 bits per heavy atom. The van der Waals surface area contributed by atoms with E-state index < -0.39 is 23.4 Å². The van der Waals surface area contributed by atoms with E-state index in [4.69, 9.17) is 0 Å². The lowest BCUT2D eigenvalue weighted by Gasteiger charge is -2.22. The molecule has 0 saturated heterocycles. The lowest BCUT2D eigenvalue weighted by Crippen LogP contribution is -2.38. The van der Waals surface area contributed by atoms with Crippen molar-refractivity contribution in [3.8, 4) is 0 Å². The van der Waals surface area contributed by atoms with E-state index >= 15 is 0 Å². The van der Waals surface area contributed by atoms with Crippen LogP contribution in [-0.4, -0.2) is 12.1 Å². The van der Waals surface area contributed by atoms with Gasteiger partial charge in [0, 0.05) is 12.1 Å². The van der Waals surface area contributed by atoms with Gasteiger partial charge in [-0.05, 0) is 32.9 Å². The van der Waals surface area contributed by atoms with Crippen LogP contribution in [0.2, 0.25) is 0 Å². The first kappa shape index (κ1) is 13.0. The molecule has 0 aliphatic carbocycles. The van der Waals surface area contributed by atoms with E-state index in [1.54, 1.807) is 0 Å². The van der Waals surface area contributed by atoms with Crippen LogP contribution >= 0.6 is 0 Å². The van der Waals surface area contributed by atoms with Crippen LogP contribution < -0.4 is 5.32 Å². The van der Waals surface area contributed by atoms with Gasteiger partial charge in [-0.25, -0.2) is 13.2 Å². The molecule has 1 nitrogen and oxygen atoms in total. The van der Waals surface area contributed by atoms with Crippen molar-refractivity contribution in [2.45, 2.75) is 32.5 Å². The molecule has 1 unspecified atom stereocenters. The fraction of sp³-hybridized carbons (Fsp3) is 0.500. The van der Waals surface area contributed by atoms with Crippen molar-refractivity contribution in [1.29, 1.82) is 0 Å². The van der Waals surface area contributed by atoms with Crippen LogP contribution in [0.15, 0.2) is 18.2 Å². The summed E-state index contributed by atoms with van der Waals surface area (Å²) in [6.45, 7) is 5.47. The third-order valence-corrected chi connectivity index (χ3v) is 2.12. The summed E-state index contributed by atoms with van der Waals surface area (Å²) in [5.74, 6) is -1.69. The number of hydrogen-bond donors (Lipinski definition) is 1. The lowest BCUT2D eigenvalue weighted by atomic mass is 10.1. The smallest absolute Gasteiger partial charge is 0.143 e. The van der Waals surface area contributed by atoms with Crippen LogP contribution in [-0.2, 0) is 0 Å². The molecule has 0 aliphatic rings. The maximum absolute atomic E-state index is 13.6. The summed E-state index contributed by atoms with van der Waals surface area (Å²) < 4.78 is 40.1. The second-order valence-electron chi connectivity index (χ2n) is 4.73. The normalized spacial score (nSPS) is 13.9. The highest BCUT2D eigenvalue weighted by molar-refractivity contribution is 5.22. The summed E-state index contributed by atoms with van der Waals surface area (Å²) in [7, 11) is 0. The molecule has 0 heterocycles.